The van der Waals surface area contributed by atoms with Crippen molar-refractivity contribution in [2.45, 2.75) is 44.4 Å². The number of carbonyl (C=O) groups excluding carboxylic acids is 1. The zero-order valence-electron chi connectivity index (χ0n) is 17.8. The predicted octanol–water partition coefficient (Wildman–Crippen LogP) is 6.21. The van der Waals surface area contributed by atoms with E-state index in [-0.39, 0.29) is 11.7 Å². The number of anilines is 1. The average molecular weight is 479 g/mol. The molecule has 0 aliphatic heterocycles. The summed E-state index contributed by atoms with van der Waals surface area (Å²) in [6, 6.07) is 5.62. The molecule has 4 rings (SSSR count). The van der Waals surface area contributed by atoms with E-state index in [0.717, 1.165) is 32.1 Å². The van der Waals surface area contributed by atoms with Crippen LogP contribution in [0.5, 0.6) is 0 Å². The predicted molar refractivity (Wildman–Crippen MR) is 112 cm³/mol. The number of carbonyl (C=O) groups is 1. The summed E-state index contributed by atoms with van der Waals surface area (Å²) in [4.78, 5) is 21.4. The lowest BCUT2D eigenvalue weighted by Crippen LogP contribution is -2.21. The third-order valence-corrected chi connectivity index (χ3v) is 5.83. The molecule has 34 heavy (non-hydrogen) atoms. The van der Waals surface area contributed by atoms with Gasteiger partial charge in [0.05, 0.1) is 24.0 Å². The van der Waals surface area contributed by atoms with Gasteiger partial charge in [-0.3, -0.25) is 4.79 Å². The summed E-state index contributed by atoms with van der Waals surface area (Å²) < 4.78 is 81.5. The van der Waals surface area contributed by atoms with Gasteiger partial charge in [-0.1, -0.05) is 19.3 Å². The minimum Gasteiger partial charge on any atom is -0.309 e. The molecule has 2 aromatic carbocycles. The van der Waals surface area contributed by atoms with E-state index in [4.69, 9.17) is 0 Å². The Morgan fingerprint density at radius 1 is 0.853 bits per heavy atom. The zero-order chi connectivity index (χ0) is 24.4. The molecule has 0 saturated heterocycles. The first-order valence-electron chi connectivity index (χ1n) is 10.7. The highest BCUT2D eigenvalue weighted by Crippen LogP contribution is 2.36. The van der Waals surface area contributed by atoms with Crippen molar-refractivity contribution in [1.82, 2.24) is 9.97 Å². The number of aromatic nitrogens is 2. The Labute approximate surface area is 191 Å². The number of hydrogen-bond acceptors (Lipinski definition) is 3. The summed E-state index contributed by atoms with van der Waals surface area (Å²) >= 11 is 0. The first kappa shape index (κ1) is 23.7. The Morgan fingerprint density at radius 3 is 2.06 bits per heavy atom. The molecule has 1 fully saturated rings. The molecule has 0 bridgehead atoms. The minimum atomic E-state index is -2.29. The normalized spacial score (nSPS) is 14.3. The molecule has 3 aromatic rings. The summed E-state index contributed by atoms with van der Waals surface area (Å²) in [6.07, 6.45) is 4.74. The number of nitrogens with one attached hydrogen (secondary N) is 1. The van der Waals surface area contributed by atoms with Crippen LogP contribution in [-0.4, -0.2) is 15.9 Å². The van der Waals surface area contributed by atoms with Gasteiger partial charge in [-0.05, 0) is 37.1 Å². The molecule has 0 unspecified atom stereocenters. The van der Waals surface area contributed by atoms with E-state index >= 15 is 0 Å². The molecule has 0 spiro atoms. The van der Waals surface area contributed by atoms with E-state index in [1.165, 1.54) is 30.5 Å². The lowest BCUT2D eigenvalue weighted by molar-refractivity contribution is -0.115. The lowest BCUT2D eigenvalue weighted by Gasteiger charge is -2.23. The van der Waals surface area contributed by atoms with Gasteiger partial charge in [0.25, 0.3) is 0 Å². The van der Waals surface area contributed by atoms with Gasteiger partial charge in [-0.25, -0.2) is 36.3 Å². The van der Waals surface area contributed by atoms with Gasteiger partial charge < -0.3 is 5.32 Å². The van der Waals surface area contributed by atoms with Gasteiger partial charge in [-0.15, -0.1) is 0 Å². The standard InChI is InChI=1S/C24H19F6N3O/c25-14-8-6-12(7-9-14)16-11-31-24(23(32-16)13-4-2-1-3-5-13)33-17(34)10-15-18(26)20(28)22(30)21(29)19(15)27/h6-9,11,13H,1-5,10H2,(H,31,33,34). The van der Waals surface area contributed by atoms with E-state index in [0.29, 0.717) is 17.0 Å². The molecule has 1 saturated carbocycles. The zero-order valence-corrected chi connectivity index (χ0v) is 17.8. The maximum atomic E-state index is 14.0. The van der Waals surface area contributed by atoms with E-state index in [1.807, 2.05) is 0 Å². The molecule has 178 valence electrons. The second kappa shape index (κ2) is 9.82. The van der Waals surface area contributed by atoms with Gasteiger partial charge in [0, 0.05) is 17.0 Å². The molecule has 4 nitrogen and oxygen atoms in total. The molecule has 1 heterocycles. The molecule has 1 aliphatic carbocycles. The molecule has 1 aromatic heterocycles. The van der Waals surface area contributed by atoms with Crippen LogP contribution in [-0.2, 0) is 11.2 Å². The van der Waals surface area contributed by atoms with Crippen LogP contribution >= 0.6 is 0 Å². The summed E-state index contributed by atoms with van der Waals surface area (Å²) in [5.74, 6) is -12.1. The first-order valence-corrected chi connectivity index (χ1v) is 10.7. The van der Waals surface area contributed by atoms with Crippen LogP contribution in [0.1, 0.15) is 49.3 Å². The van der Waals surface area contributed by atoms with Crippen LogP contribution in [0.3, 0.4) is 0 Å². The van der Waals surface area contributed by atoms with Crippen molar-refractivity contribution < 1.29 is 31.1 Å². The maximum Gasteiger partial charge on any atom is 0.230 e. The van der Waals surface area contributed by atoms with Crippen LogP contribution < -0.4 is 5.32 Å². The Morgan fingerprint density at radius 2 is 1.44 bits per heavy atom. The number of halogens is 6. The van der Waals surface area contributed by atoms with Crippen molar-refractivity contribution in [2.24, 2.45) is 0 Å². The number of benzene rings is 2. The highest BCUT2D eigenvalue weighted by atomic mass is 19.2. The monoisotopic (exact) mass is 479 g/mol. The molecule has 0 atom stereocenters. The Hall–Kier alpha value is -3.43. The van der Waals surface area contributed by atoms with E-state index < -0.39 is 52.8 Å². The maximum absolute atomic E-state index is 14.0. The Bertz CT molecular complexity index is 1200. The largest absolute Gasteiger partial charge is 0.309 e. The molecular formula is C24H19F6N3O. The second-order valence-corrected chi connectivity index (χ2v) is 8.10. The highest BCUT2D eigenvalue weighted by molar-refractivity contribution is 5.92. The summed E-state index contributed by atoms with van der Waals surface area (Å²) in [7, 11) is 0. The van der Waals surface area contributed by atoms with Crippen molar-refractivity contribution in [1.29, 1.82) is 0 Å². The Balaban J connectivity index is 1.64. The van der Waals surface area contributed by atoms with Gasteiger partial charge in [0.2, 0.25) is 11.7 Å². The van der Waals surface area contributed by atoms with Crippen LogP contribution in [0, 0.1) is 34.9 Å². The molecule has 1 aliphatic rings. The van der Waals surface area contributed by atoms with E-state index in [9.17, 15) is 31.1 Å². The van der Waals surface area contributed by atoms with Gasteiger partial charge >= 0.3 is 0 Å². The van der Waals surface area contributed by atoms with Crippen LogP contribution in [0.2, 0.25) is 0 Å². The van der Waals surface area contributed by atoms with Crippen LogP contribution in [0.25, 0.3) is 11.3 Å². The topological polar surface area (TPSA) is 54.9 Å². The fraction of sp³-hybridized carbons (Fsp3) is 0.292. The van der Waals surface area contributed by atoms with Crippen molar-refractivity contribution in [3.05, 3.63) is 76.6 Å². The minimum absolute atomic E-state index is 0.0478. The van der Waals surface area contributed by atoms with Gasteiger partial charge in [0.15, 0.2) is 29.1 Å². The van der Waals surface area contributed by atoms with E-state index in [1.54, 1.807) is 0 Å². The number of rotatable bonds is 5. The number of amides is 1. The van der Waals surface area contributed by atoms with Gasteiger partial charge in [-0.2, -0.15) is 0 Å². The van der Waals surface area contributed by atoms with Crippen LogP contribution in [0.4, 0.5) is 32.2 Å². The summed E-state index contributed by atoms with van der Waals surface area (Å²) in [6.45, 7) is 0. The second-order valence-electron chi connectivity index (χ2n) is 8.10. The fourth-order valence-electron chi connectivity index (χ4n) is 4.06. The third-order valence-electron chi connectivity index (χ3n) is 5.83. The number of nitrogens with zero attached hydrogens (tertiary/aromatic N) is 2. The molecule has 10 heteroatoms. The highest BCUT2D eigenvalue weighted by Gasteiger charge is 2.28. The first-order chi connectivity index (χ1) is 16.3. The van der Waals surface area contributed by atoms with Crippen molar-refractivity contribution >= 4 is 11.7 Å². The number of hydrogen-bond donors (Lipinski definition) is 1. The quantitative estimate of drug-likeness (QED) is 0.269. The smallest absolute Gasteiger partial charge is 0.230 e. The van der Waals surface area contributed by atoms with Crippen LogP contribution in [0.15, 0.2) is 30.5 Å². The lowest BCUT2D eigenvalue weighted by atomic mass is 9.86. The van der Waals surface area contributed by atoms with Crippen molar-refractivity contribution in [3.63, 3.8) is 0 Å². The average Bonchev–Trinajstić information content (AvgIpc) is 2.85. The van der Waals surface area contributed by atoms with Crippen molar-refractivity contribution in [3.8, 4) is 11.3 Å². The molecule has 1 N–H and O–H groups in total. The fourth-order valence-corrected chi connectivity index (χ4v) is 4.06. The molecule has 1 amide bonds. The van der Waals surface area contributed by atoms with Crippen molar-refractivity contribution in [2.75, 3.05) is 5.32 Å². The molecule has 0 radical (unpaired) electrons. The molecular weight excluding hydrogens is 460 g/mol. The summed E-state index contributed by atoms with van der Waals surface area (Å²) in [5, 5.41) is 2.41. The van der Waals surface area contributed by atoms with E-state index in [2.05, 4.69) is 15.3 Å². The summed E-state index contributed by atoms with van der Waals surface area (Å²) in [5.41, 5.74) is 0.264. The SMILES string of the molecule is O=C(Cc1c(F)c(F)c(F)c(F)c1F)Nc1ncc(-c2ccc(F)cc2)nc1C1CCCCC1. The Kier molecular flexibility index (Phi) is 6.85. The third kappa shape index (κ3) is 4.76. The van der Waals surface area contributed by atoms with Gasteiger partial charge in [0.1, 0.15) is 5.82 Å².